The van der Waals surface area contributed by atoms with Gasteiger partial charge >= 0.3 is 118 Å². The van der Waals surface area contributed by atoms with Crippen LogP contribution in [0.4, 0.5) is 0 Å². The van der Waals surface area contributed by atoms with Crippen LogP contribution in [0.3, 0.4) is 0 Å². The number of carbonyl (C=O) groups is 4. The van der Waals surface area contributed by atoms with Crippen molar-refractivity contribution in [2.75, 3.05) is 92.0 Å². The topological polar surface area (TPSA) is 632 Å². The van der Waals surface area contributed by atoms with E-state index in [1.807, 2.05) is 27.7 Å². The third-order valence-electron chi connectivity index (χ3n) is 20.9. The van der Waals surface area contributed by atoms with Gasteiger partial charge in [-0.15, -0.1) is 0 Å². The second kappa shape index (κ2) is 59.1. The van der Waals surface area contributed by atoms with Crippen LogP contribution in [0.5, 0.6) is 0 Å². The fourth-order valence-corrected chi connectivity index (χ4v) is 22.3. The van der Waals surface area contributed by atoms with Crippen molar-refractivity contribution < 1.29 is 315 Å². The maximum atomic E-state index is 12.3. The van der Waals surface area contributed by atoms with Gasteiger partial charge in [0.15, 0.2) is 50.3 Å². The van der Waals surface area contributed by atoms with Crippen LogP contribution < -0.4 is 139 Å². The summed E-state index contributed by atoms with van der Waals surface area (Å²) in [6.07, 6.45) is -74.4. The maximum absolute atomic E-state index is 12.3. The maximum Gasteiger partial charge on any atom is 1.00 e. The second-order valence-corrected chi connectivity index (χ2v) is 39.3. The van der Waals surface area contributed by atoms with E-state index in [2.05, 4.69) is 0 Å². The smallest absolute Gasteiger partial charge is 0.550 e. The van der Waals surface area contributed by atoms with E-state index in [0.717, 1.165) is 47.0 Å². The molecule has 0 amide bonds. The van der Waals surface area contributed by atoms with Crippen molar-refractivity contribution in [2.45, 2.75) is 325 Å². The Morgan fingerprint density at radius 3 is 0.419 bits per heavy atom. The van der Waals surface area contributed by atoms with Crippen molar-refractivity contribution in [3.05, 3.63) is 0 Å². The summed E-state index contributed by atoms with van der Waals surface area (Å²) in [5.41, 5.74) is 0. The van der Waals surface area contributed by atoms with Crippen LogP contribution in [0.15, 0.2) is 0 Å². The summed E-state index contributed by atoms with van der Waals surface area (Å²) in [4.78, 5) is 46.7. The van der Waals surface area contributed by atoms with Gasteiger partial charge in [-0.05, 0) is 97.4 Å². The molecule has 16 unspecified atom stereocenters. The van der Waals surface area contributed by atoms with Gasteiger partial charge in [0.05, 0.1) is 48.8 Å². The molecule has 124 heavy (non-hydrogen) atoms. The number of aliphatic carboxylic acids is 4. The summed E-state index contributed by atoms with van der Waals surface area (Å²) < 4.78 is 102. The summed E-state index contributed by atoms with van der Waals surface area (Å²) in [6.45, 7) is 7.58. The number of hydrogen-bond donors (Lipinski definition) is 16. The second-order valence-electron chi connectivity index (χ2n) is 30.1. The van der Waals surface area contributed by atoms with Crippen molar-refractivity contribution in [3.8, 4) is 0 Å². The van der Waals surface area contributed by atoms with E-state index in [9.17, 15) is 121 Å². The summed E-state index contributed by atoms with van der Waals surface area (Å²) in [5.74, 6) is -5.66. The molecule has 30 heterocycles. The zero-order valence-corrected chi connectivity index (χ0v) is 84.8. The first-order valence-corrected chi connectivity index (χ1v) is 49.3. The fraction of sp³-hybridized carbons (Fsp3) is 0.944. The molecule has 40 nitrogen and oxygen atoms in total. The van der Waals surface area contributed by atoms with Crippen LogP contribution in [0.25, 0.3) is 0 Å². The molecular formula is C72H116Na4O40S8. The number of aliphatic hydroxyl groups excluding tert-OH is 16. The molecule has 0 radical (unpaired) electrons. The minimum Gasteiger partial charge on any atom is -0.550 e. The van der Waals surface area contributed by atoms with Crippen molar-refractivity contribution in [1.82, 2.24) is 0 Å². The minimum atomic E-state index is -2.27. The van der Waals surface area contributed by atoms with E-state index in [-0.39, 0.29) is 187 Å². The number of thioether (sulfide) groups is 8. The quantitative estimate of drug-likeness (QED) is 0.0205. The monoisotopic (exact) mass is 1970 g/mol. The number of carbonyl (C=O) groups excluding carboxylic acids is 4. The van der Waals surface area contributed by atoms with E-state index in [1.54, 1.807) is 0 Å². The molecule has 52 heteroatoms. The normalized spacial score (nSPS) is 42.2. The van der Waals surface area contributed by atoms with Crippen molar-refractivity contribution in [2.24, 2.45) is 0 Å². The molecule has 40 atom stereocenters. The molecule has 0 aromatic rings. The average molecular weight is 1970 g/mol. The van der Waals surface area contributed by atoms with Gasteiger partial charge in [0.2, 0.25) is 0 Å². The average Bonchev–Trinajstić information content (AvgIpc) is 0.770. The Balaban J connectivity index is 0.00000683. The van der Waals surface area contributed by atoms with Gasteiger partial charge in [0, 0.05) is 69.9 Å². The molecule has 30 fully saturated rings. The summed E-state index contributed by atoms with van der Waals surface area (Å²) in [5, 5.41) is 242. The molecule has 16 bridgehead atoms. The molecule has 0 spiro atoms. The molecule has 0 aromatic carbocycles. The van der Waals surface area contributed by atoms with Crippen molar-refractivity contribution in [1.29, 1.82) is 0 Å². The SMILES string of the molecule is CCCSCC1O[C@@H]2O[C@@H]3C(CSCCC(=O)[O-])O[C@H](O[C@@H]4C(CSCCC(=O)[O-])O[C@H](O[C@@H]5C(CSCCC(=O)[O-])O[C@H](O[C@@H]6C(CSCCC(=O)[O-])O[C@@H](O[C@@H]7C(CSCCC)O[C@@H](O[C@@H]8C(CSCCC)O[C@H](O[C@@H]9C(CSCCC)O[C@@H](O[C@H]1[C@H](O)C2O)C(O)[C@H]9O)C(O)[C@H]8O)C(O)[C@H]7O)C(O)[C@H]6O)C(O)[C@H]5O)C(O)[C@H]4O)C(O)[C@H]3O.[Na+].[Na+].[Na+].[Na+]. The first kappa shape index (κ1) is 118. The zero-order valence-electron chi connectivity index (χ0n) is 70.3. The van der Waals surface area contributed by atoms with Gasteiger partial charge < -0.3 is 197 Å². The standard InChI is InChI=1S/C72H120O40S8.4Na/c1-5-13-113-21-29-57-42(82)50(90)66(98-29)107-59-31(23-115-15-7-3)100-68(52(92)44(59)84)109-61-33(25-117-17-9-37(73)74)102-70(54(94)46(61)86)111-63-35(27-119-19-11-39(77)78)104-72(56(96)48(63)88)112-64-36(28-120-20-12-40(79)80)103-71(55(95)47(64)87)110-62-34(26-118-18-10-38(75)76)101-69(53(93)45(62)85)108-60-32(24-116-16-8-4)99-67(51(91)43(60)83)106-58-30(22-114-14-6-2)97-65(105-57)49(89)41(58)81;;;;/h29-36,41-72,81-96H,5-28H2,1-4H3,(H,73,74)(H,75,76)(H,77,78)(H,79,80);;;;/q;4*+1/p-4/t29?,30?,31?,32?,33?,34?,35?,36?,41-,42-,43-,44-,45-,46-,47-,48-,49?,50?,51?,52?,53?,54?,55?,56?,57-,58-,59-,60-,61-,62-,63-,64-,65-,66+,67+,68-,69+,70-,71-,72-;;;;/m1..../s1. The Morgan fingerprint density at radius 2 is 0.315 bits per heavy atom. The molecule has 30 aliphatic rings. The number of ether oxygens (including phenoxy) is 16. The van der Waals surface area contributed by atoms with Crippen LogP contribution in [0.2, 0.25) is 0 Å². The van der Waals surface area contributed by atoms with Crippen molar-refractivity contribution >= 4 is 118 Å². The molecule has 30 rings (SSSR count). The molecule has 0 saturated carbocycles. The van der Waals surface area contributed by atoms with Crippen LogP contribution >= 0.6 is 94.1 Å². The third-order valence-corrected chi connectivity index (χ3v) is 30.2. The molecule has 0 aliphatic carbocycles. The Hall–Kier alpha value is 3.40. The van der Waals surface area contributed by atoms with Gasteiger partial charge in [-0.25, -0.2) is 0 Å². The Labute approximate surface area is 841 Å². The van der Waals surface area contributed by atoms with Gasteiger partial charge in [-0.2, -0.15) is 94.1 Å². The van der Waals surface area contributed by atoms with Gasteiger partial charge in [0.1, 0.15) is 146 Å². The number of hydrogen-bond acceptors (Lipinski definition) is 48. The zero-order chi connectivity index (χ0) is 87.3. The van der Waals surface area contributed by atoms with E-state index in [4.69, 9.17) is 75.8 Å². The number of carboxylic acids is 4. The Kier molecular flexibility index (Phi) is 56.2. The van der Waals surface area contributed by atoms with Crippen LogP contribution in [0.1, 0.15) is 79.1 Å². The largest absolute Gasteiger partial charge is 1.00 e. The number of aliphatic hydroxyl groups is 16. The van der Waals surface area contributed by atoms with E-state index >= 15 is 0 Å². The van der Waals surface area contributed by atoms with Crippen LogP contribution in [-0.2, 0) is 95.0 Å². The van der Waals surface area contributed by atoms with E-state index in [0.29, 0.717) is 48.7 Å². The minimum absolute atomic E-state index is 0. The third kappa shape index (κ3) is 32.8. The number of carboxylic acid groups (broad SMARTS) is 4. The molecule has 30 aliphatic heterocycles. The molecule has 696 valence electrons. The Bertz CT molecular complexity index is 3010. The Morgan fingerprint density at radius 1 is 0.202 bits per heavy atom. The van der Waals surface area contributed by atoms with Crippen LogP contribution in [0, 0.1) is 0 Å². The van der Waals surface area contributed by atoms with Gasteiger partial charge in [-0.3, -0.25) is 0 Å². The first-order valence-electron chi connectivity index (χ1n) is 40.1. The van der Waals surface area contributed by atoms with Gasteiger partial charge in [0.25, 0.3) is 0 Å². The summed E-state index contributed by atoms with van der Waals surface area (Å²) >= 11 is 8.94. The summed E-state index contributed by atoms with van der Waals surface area (Å²) in [6, 6.07) is 0. The van der Waals surface area contributed by atoms with Gasteiger partial charge in [-0.1, -0.05) is 27.7 Å². The summed E-state index contributed by atoms with van der Waals surface area (Å²) in [7, 11) is 0. The number of rotatable bonds is 36. The van der Waals surface area contributed by atoms with E-state index < -0.39 is 295 Å². The van der Waals surface area contributed by atoms with Crippen molar-refractivity contribution in [3.63, 3.8) is 0 Å². The molecule has 16 N–H and O–H groups in total. The first-order chi connectivity index (χ1) is 57.3. The predicted octanol–water partition coefficient (Wildman–Crippen LogP) is -21.3. The fourth-order valence-electron chi connectivity index (χ4n) is 14.6. The molecular weight excluding hydrogens is 1850 g/mol. The predicted molar refractivity (Wildman–Crippen MR) is 423 cm³/mol. The molecule has 30 saturated heterocycles. The van der Waals surface area contributed by atoms with Crippen LogP contribution in [-0.4, -0.2) is 443 Å². The van der Waals surface area contributed by atoms with E-state index in [1.165, 1.54) is 47.0 Å². The molecule has 0 aromatic heterocycles.